The molecule has 3 N–H and O–H groups in total. The van der Waals surface area contributed by atoms with Gasteiger partial charge in [-0.15, -0.1) is 11.8 Å². The number of anilines is 1. The first-order valence-corrected chi connectivity index (χ1v) is 15.6. The topological polar surface area (TPSA) is 112 Å². The van der Waals surface area contributed by atoms with Crippen LogP contribution < -0.4 is 25.7 Å². The Morgan fingerprint density at radius 2 is 1.91 bits per heavy atom. The van der Waals surface area contributed by atoms with E-state index in [2.05, 4.69) is 63.6 Å². The van der Waals surface area contributed by atoms with Gasteiger partial charge >= 0.3 is 0 Å². The predicted molar refractivity (Wildman–Crippen MR) is 168 cm³/mol. The fourth-order valence-electron chi connectivity index (χ4n) is 5.61. The molecule has 0 radical (unpaired) electrons. The second-order valence-electron chi connectivity index (χ2n) is 10.7. The van der Waals surface area contributed by atoms with Crippen LogP contribution in [0.4, 0.5) is 5.69 Å². The van der Waals surface area contributed by atoms with Crippen LogP contribution in [0.1, 0.15) is 47.6 Å². The minimum atomic E-state index is -0.247. The molecule has 1 saturated heterocycles. The summed E-state index contributed by atoms with van der Waals surface area (Å²) < 4.78 is 5.61. The Balaban J connectivity index is 0.964. The third kappa shape index (κ3) is 6.71. The summed E-state index contributed by atoms with van der Waals surface area (Å²) in [7, 11) is 0. The lowest BCUT2D eigenvalue weighted by molar-refractivity contribution is -0.123. The van der Waals surface area contributed by atoms with Gasteiger partial charge in [-0.2, -0.15) is 5.10 Å². The van der Waals surface area contributed by atoms with Crippen molar-refractivity contribution in [2.75, 3.05) is 24.6 Å². The van der Waals surface area contributed by atoms with Crippen molar-refractivity contribution in [1.82, 2.24) is 16.1 Å². The van der Waals surface area contributed by atoms with E-state index in [1.807, 2.05) is 28.8 Å². The van der Waals surface area contributed by atoms with Crippen LogP contribution in [-0.4, -0.2) is 49.2 Å². The van der Waals surface area contributed by atoms with Crippen LogP contribution >= 0.6 is 23.4 Å². The lowest BCUT2D eigenvalue weighted by atomic mass is 10.0. The number of hydrogen-bond acceptors (Lipinski definition) is 7. The summed E-state index contributed by atoms with van der Waals surface area (Å²) in [4.78, 5) is 39.6. The normalized spacial score (nSPS) is 19.3. The Labute approximate surface area is 259 Å². The van der Waals surface area contributed by atoms with E-state index in [1.54, 1.807) is 12.1 Å². The van der Waals surface area contributed by atoms with Gasteiger partial charge in [0.15, 0.2) is 6.61 Å². The predicted octanol–water partition coefficient (Wildman–Crippen LogP) is 4.58. The molecule has 3 aliphatic rings. The third-order valence-electron chi connectivity index (χ3n) is 7.75. The second kappa shape index (κ2) is 13.2. The number of hydrogen-bond donors (Lipinski definition) is 3. The monoisotopic (exact) mass is 617 g/mol. The van der Waals surface area contributed by atoms with E-state index in [0.717, 1.165) is 33.8 Å². The average Bonchev–Trinajstić information content (AvgIpc) is 3.42. The number of nitrogens with zero attached hydrogens (tertiary/aromatic N) is 2. The number of benzene rings is 3. The van der Waals surface area contributed by atoms with Crippen molar-refractivity contribution in [3.05, 3.63) is 88.4 Å². The van der Waals surface area contributed by atoms with Crippen LogP contribution in [0, 0.1) is 0 Å². The molecule has 0 saturated carbocycles. The van der Waals surface area contributed by atoms with Gasteiger partial charge in [0.25, 0.3) is 5.91 Å². The number of rotatable bonds is 10. The zero-order valence-corrected chi connectivity index (χ0v) is 25.0. The highest BCUT2D eigenvalue weighted by atomic mass is 35.5. The zero-order chi connectivity index (χ0) is 29.8. The Bertz CT molecular complexity index is 1570. The molecule has 3 heterocycles. The fraction of sp³-hybridized carbons (Fsp3) is 0.312. The summed E-state index contributed by atoms with van der Waals surface area (Å²) in [6, 6.07) is 22.1. The van der Waals surface area contributed by atoms with Gasteiger partial charge in [-0.3, -0.25) is 14.4 Å². The number of carbonyl (C=O) groups is 3. The Hall–Kier alpha value is -3.86. The number of nitrogens with one attached hydrogen (secondary N) is 3. The van der Waals surface area contributed by atoms with Crippen LogP contribution in [0.15, 0.2) is 76.7 Å². The number of ether oxygens (including phenoxy) is 1. The maximum absolute atomic E-state index is 12.8. The number of hydrazone groups is 1. The molecular weight excluding hydrogens is 586 g/mol. The van der Waals surface area contributed by atoms with Crippen LogP contribution in [0.3, 0.4) is 0 Å². The summed E-state index contributed by atoms with van der Waals surface area (Å²) in [5, 5.41) is 10.9. The molecule has 3 aromatic rings. The number of halogens is 1. The van der Waals surface area contributed by atoms with Crippen molar-refractivity contribution in [3.8, 4) is 5.75 Å². The van der Waals surface area contributed by atoms with E-state index < -0.39 is 0 Å². The smallest absolute Gasteiger partial charge is 0.257 e. The quantitative estimate of drug-likeness (QED) is 0.287. The minimum absolute atomic E-state index is 0.107. The van der Waals surface area contributed by atoms with E-state index in [1.165, 1.54) is 5.56 Å². The van der Waals surface area contributed by atoms with E-state index in [4.69, 9.17) is 16.3 Å². The molecule has 0 aliphatic carbocycles. The van der Waals surface area contributed by atoms with Gasteiger partial charge in [0.05, 0.1) is 27.7 Å². The minimum Gasteiger partial charge on any atom is -0.482 e. The van der Waals surface area contributed by atoms with Gasteiger partial charge in [0.2, 0.25) is 11.8 Å². The van der Waals surface area contributed by atoms with E-state index in [9.17, 15) is 14.4 Å². The number of carbonyl (C=O) groups excluding carboxylic acids is 3. The lowest BCUT2D eigenvalue weighted by Crippen LogP contribution is -2.39. The summed E-state index contributed by atoms with van der Waals surface area (Å²) in [5.41, 5.74) is 7.40. The van der Waals surface area contributed by atoms with E-state index in [0.29, 0.717) is 49.7 Å². The molecule has 11 heteroatoms. The van der Waals surface area contributed by atoms with Crippen molar-refractivity contribution in [1.29, 1.82) is 0 Å². The van der Waals surface area contributed by atoms with Crippen molar-refractivity contribution < 1.29 is 19.1 Å². The Morgan fingerprint density at radius 1 is 1.05 bits per heavy atom. The second-order valence-corrected chi connectivity index (χ2v) is 12.3. The molecule has 0 aromatic heterocycles. The molecule has 3 aliphatic heterocycles. The molecule has 43 heavy (non-hydrogen) atoms. The standard InChI is InChI=1S/C32H32ClN5O4S/c33-23-17-22(24-8-12-29(39)37-36-24)7-11-27(23)42-19-30(40)35-15-14-34-18-20-6-9-25-28(16-20)43-32(21-4-2-1-3-5-21)26-10-13-31(41)38(25)26/h1-7,9,11,16-17,26,32,34H,8,10,12-15,18-19H2,(H,35,40)(H,37,39). The Morgan fingerprint density at radius 3 is 2.70 bits per heavy atom. The van der Waals surface area contributed by atoms with Crippen molar-refractivity contribution in [3.63, 3.8) is 0 Å². The molecule has 1 fully saturated rings. The van der Waals surface area contributed by atoms with E-state index in [-0.39, 0.29) is 35.6 Å². The average molecular weight is 618 g/mol. The van der Waals surface area contributed by atoms with Gasteiger partial charge in [-0.05, 0) is 53.4 Å². The molecule has 6 rings (SSSR count). The summed E-state index contributed by atoms with van der Waals surface area (Å²) >= 11 is 8.19. The molecule has 222 valence electrons. The largest absolute Gasteiger partial charge is 0.482 e. The number of fused-ring (bicyclic) bond motifs is 3. The zero-order valence-electron chi connectivity index (χ0n) is 23.5. The van der Waals surface area contributed by atoms with Crippen molar-refractivity contribution in [2.45, 2.75) is 48.4 Å². The van der Waals surface area contributed by atoms with Gasteiger partial charge in [0, 0.05) is 43.8 Å². The molecule has 3 amide bonds. The summed E-state index contributed by atoms with van der Waals surface area (Å²) in [6.07, 6.45) is 2.39. The van der Waals surface area contributed by atoms with Gasteiger partial charge in [-0.25, -0.2) is 5.43 Å². The highest BCUT2D eigenvalue weighted by molar-refractivity contribution is 7.99. The van der Waals surface area contributed by atoms with Crippen molar-refractivity contribution in [2.24, 2.45) is 5.10 Å². The molecule has 0 spiro atoms. The number of amides is 3. The van der Waals surface area contributed by atoms with Crippen LogP contribution in [0.2, 0.25) is 5.02 Å². The first-order chi connectivity index (χ1) is 21.0. The molecule has 9 nitrogen and oxygen atoms in total. The molecular formula is C32H32ClN5O4S. The molecule has 3 aromatic carbocycles. The van der Waals surface area contributed by atoms with Gasteiger partial charge in [0.1, 0.15) is 5.75 Å². The molecule has 2 unspecified atom stereocenters. The van der Waals surface area contributed by atoms with E-state index >= 15 is 0 Å². The molecule has 0 bridgehead atoms. The first kappa shape index (κ1) is 29.2. The van der Waals surface area contributed by atoms with Gasteiger partial charge in [-0.1, -0.05) is 48.0 Å². The first-order valence-electron chi connectivity index (χ1n) is 14.4. The maximum atomic E-state index is 12.8. The van der Waals surface area contributed by atoms with Crippen molar-refractivity contribution >= 4 is 52.5 Å². The van der Waals surface area contributed by atoms with Gasteiger partial charge < -0.3 is 20.3 Å². The Kier molecular flexibility index (Phi) is 8.97. The SMILES string of the molecule is O=C(COc1ccc(C2=NNC(=O)CC2)cc1Cl)NCCNCc1ccc2c(c1)SC(c1ccccc1)C1CCC(=O)N21. The highest BCUT2D eigenvalue weighted by Gasteiger charge is 2.43. The lowest BCUT2D eigenvalue weighted by Gasteiger charge is -2.38. The number of thioether (sulfide) groups is 1. The third-order valence-corrected chi connectivity index (χ3v) is 9.47. The van der Waals surface area contributed by atoms with Crippen LogP contribution in [0.25, 0.3) is 0 Å². The highest BCUT2D eigenvalue weighted by Crippen LogP contribution is 2.52. The van der Waals surface area contributed by atoms with Crippen LogP contribution in [-0.2, 0) is 20.9 Å². The molecule has 2 atom stereocenters. The summed E-state index contributed by atoms with van der Waals surface area (Å²) in [6.45, 7) is 1.52. The van der Waals surface area contributed by atoms with Crippen LogP contribution in [0.5, 0.6) is 5.75 Å². The maximum Gasteiger partial charge on any atom is 0.257 e. The fourth-order valence-corrected chi connectivity index (χ4v) is 7.34. The summed E-state index contributed by atoms with van der Waals surface area (Å²) in [5.74, 6) is 0.247.